The normalized spacial score (nSPS) is 10.9. The van der Waals surface area contributed by atoms with E-state index < -0.39 is 5.91 Å². The van der Waals surface area contributed by atoms with Gasteiger partial charge in [-0.25, -0.2) is 0 Å². The van der Waals surface area contributed by atoms with Gasteiger partial charge in [-0.2, -0.15) is 0 Å². The zero-order chi connectivity index (χ0) is 20.3. The van der Waals surface area contributed by atoms with Crippen LogP contribution in [0.2, 0.25) is 5.02 Å². The van der Waals surface area contributed by atoms with Gasteiger partial charge in [0, 0.05) is 41.7 Å². The minimum absolute atomic E-state index is 0.409. The number of primary amides is 1. The van der Waals surface area contributed by atoms with Gasteiger partial charge in [-0.05, 0) is 62.2 Å². The minimum Gasteiger partial charge on any atom is -0.372 e. The number of rotatable bonds is 7. The lowest BCUT2D eigenvalue weighted by atomic mass is 10.1. The molecule has 3 rings (SSSR count). The van der Waals surface area contributed by atoms with Crippen LogP contribution in [0.4, 0.5) is 5.69 Å². The molecule has 0 aliphatic carbocycles. The minimum atomic E-state index is -0.409. The smallest absolute Gasteiger partial charge is 0.250 e. The van der Waals surface area contributed by atoms with Crippen LogP contribution >= 0.6 is 11.6 Å². The molecule has 0 aliphatic heterocycles. The van der Waals surface area contributed by atoms with Gasteiger partial charge < -0.3 is 15.2 Å². The molecule has 2 aromatic carbocycles. The summed E-state index contributed by atoms with van der Waals surface area (Å²) in [4.78, 5) is 14.2. The molecule has 4 nitrogen and oxygen atoms in total. The maximum absolute atomic E-state index is 11.9. The Morgan fingerprint density at radius 3 is 2.18 bits per heavy atom. The van der Waals surface area contributed by atoms with E-state index in [1.165, 1.54) is 5.69 Å². The summed E-state index contributed by atoms with van der Waals surface area (Å²) in [5.41, 5.74) is 11.4. The Morgan fingerprint density at radius 1 is 1.04 bits per heavy atom. The third-order valence-electron chi connectivity index (χ3n) is 5.18. The number of hydrogen-bond donors (Lipinski definition) is 1. The molecule has 1 aromatic heterocycles. The molecular formula is C23H26ClN3O. The number of benzene rings is 2. The Bertz CT molecular complexity index is 955. The number of anilines is 1. The van der Waals surface area contributed by atoms with Gasteiger partial charge >= 0.3 is 0 Å². The van der Waals surface area contributed by atoms with Crippen LogP contribution in [0, 0.1) is 6.92 Å². The van der Waals surface area contributed by atoms with Crippen LogP contribution in [0.25, 0.3) is 11.3 Å². The average molecular weight is 396 g/mol. The zero-order valence-corrected chi connectivity index (χ0v) is 17.3. The van der Waals surface area contributed by atoms with Gasteiger partial charge in [0.15, 0.2) is 0 Å². The van der Waals surface area contributed by atoms with Gasteiger partial charge in [0.25, 0.3) is 5.91 Å². The van der Waals surface area contributed by atoms with Crippen molar-refractivity contribution < 1.29 is 4.79 Å². The molecular weight excluding hydrogens is 370 g/mol. The largest absolute Gasteiger partial charge is 0.372 e. The maximum Gasteiger partial charge on any atom is 0.250 e. The molecule has 0 fully saturated rings. The monoisotopic (exact) mass is 395 g/mol. The molecule has 28 heavy (non-hydrogen) atoms. The second-order valence-electron chi connectivity index (χ2n) is 6.82. The zero-order valence-electron chi connectivity index (χ0n) is 16.6. The topological polar surface area (TPSA) is 51.3 Å². The molecule has 3 aromatic rings. The summed E-state index contributed by atoms with van der Waals surface area (Å²) in [6.07, 6.45) is 0. The second-order valence-corrected chi connectivity index (χ2v) is 7.26. The fourth-order valence-corrected chi connectivity index (χ4v) is 3.67. The molecule has 0 radical (unpaired) electrons. The lowest BCUT2D eigenvalue weighted by Gasteiger charge is -2.21. The van der Waals surface area contributed by atoms with Gasteiger partial charge in [0.2, 0.25) is 0 Å². The molecule has 1 heterocycles. The summed E-state index contributed by atoms with van der Waals surface area (Å²) >= 11 is 6.01. The standard InChI is InChI=1S/C23H26ClN3O/c1-4-26(5-2)20-12-8-18(9-13-20)22-14-21(23(25)28)16(3)27(22)15-17-6-10-19(24)11-7-17/h6-14H,4-5,15H2,1-3H3,(H2,25,28). The molecule has 0 bridgehead atoms. The first-order chi connectivity index (χ1) is 13.4. The Kier molecular flexibility index (Phi) is 6.10. The molecule has 5 heteroatoms. The highest BCUT2D eigenvalue weighted by Crippen LogP contribution is 2.29. The molecule has 0 unspecified atom stereocenters. The van der Waals surface area contributed by atoms with E-state index in [9.17, 15) is 4.79 Å². The van der Waals surface area contributed by atoms with Crippen molar-refractivity contribution in [2.24, 2.45) is 5.73 Å². The van der Waals surface area contributed by atoms with Crippen LogP contribution < -0.4 is 10.6 Å². The lowest BCUT2D eigenvalue weighted by molar-refractivity contribution is 0.0999. The molecule has 0 aliphatic rings. The fourth-order valence-electron chi connectivity index (χ4n) is 3.54. The average Bonchev–Trinajstić information content (AvgIpc) is 3.02. The van der Waals surface area contributed by atoms with Crippen LogP contribution in [-0.2, 0) is 6.54 Å². The van der Waals surface area contributed by atoms with E-state index >= 15 is 0 Å². The summed E-state index contributed by atoms with van der Waals surface area (Å²) in [6, 6.07) is 18.1. The van der Waals surface area contributed by atoms with Crippen LogP contribution in [-0.4, -0.2) is 23.6 Å². The fraction of sp³-hybridized carbons (Fsp3) is 0.261. The SMILES string of the molecule is CCN(CC)c1ccc(-c2cc(C(N)=O)c(C)n2Cc2ccc(Cl)cc2)cc1. The van der Waals surface area contributed by atoms with Gasteiger partial charge in [-0.1, -0.05) is 35.9 Å². The molecule has 1 amide bonds. The molecule has 0 atom stereocenters. The Balaban J connectivity index is 2.03. The number of nitrogens with two attached hydrogens (primary N) is 1. The lowest BCUT2D eigenvalue weighted by Crippen LogP contribution is -2.21. The Hall–Kier alpha value is -2.72. The Labute approximate surface area is 171 Å². The van der Waals surface area contributed by atoms with Crippen molar-refractivity contribution >= 4 is 23.2 Å². The van der Waals surface area contributed by atoms with E-state index in [0.717, 1.165) is 35.6 Å². The predicted molar refractivity (Wildman–Crippen MR) is 117 cm³/mol. The summed E-state index contributed by atoms with van der Waals surface area (Å²) in [5.74, 6) is -0.409. The maximum atomic E-state index is 11.9. The van der Waals surface area contributed by atoms with Crippen molar-refractivity contribution in [3.63, 3.8) is 0 Å². The van der Waals surface area contributed by atoms with Crippen molar-refractivity contribution in [2.75, 3.05) is 18.0 Å². The van der Waals surface area contributed by atoms with E-state index in [0.29, 0.717) is 17.1 Å². The number of carbonyl (C=O) groups excluding carboxylic acids is 1. The Morgan fingerprint density at radius 2 is 1.64 bits per heavy atom. The van der Waals surface area contributed by atoms with Crippen LogP contribution in [0.15, 0.2) is 54.6 Å². The van der Waals surface area contributed by atoms with Gasteiger partial charge in [-0.3, -0.25) is 4.79 Å². The second kappa shape index (κ2) is 8.53. The van der Waals surface area contributed by atoms with Gasteiger partial charge in [-0.15, -0.1) is 0 Å². The summed E-state index contributed by atoms with van der Waals surface area (Å²) in [7, 11) is 0. The van der Waals surface area contributed by atoms with E-state index in [1.54, 1.807) is 0 Å². The number of nitrogens with zero attached hydrogens (tertiary/aromatic N) is 2. The summed E-state index contributed by atoms with van der Waals surface area (Å²) in [5, 5.41) is 0.706. The van der Waals surface area contributed by atoms with Gasteiger partial charge in [0.05, 0.1) is 5.56 Å². The van der Waals surface area contributed by atoms with E-state index in [-0.39, 0.29) is 0 Å². The third kappa shape index (κ3) is 4.07. The highest BCUT2D eigenvalue weighted by atomic mass is 35.5. The number of halogens is 1. The van der Waals surface area contributed by atoms with E-state index in [4.69, 9.17) is 17.3 Å². The number of amides is 1. The molecule has 146 valence electrons. The number of carbonyl (C=O) groups is 1. The van der Waals surface area contributed by atoms with Crippen molar-refractivity contribution in [3.8, 4) is 11.3 Å². The molecule has 2 N–H and O–H groups in total. The number of hydrogen-bond acceptors (Lipinski definition) is 2. The number of aromatic nitrogens is 1. The van der Waals surface area contributed by atoms with Gasteiger partial charge in [0.1, 0.15) is 0 Å². The van der Waals surface area contributed by atoms with Crippen LogP contribution in [0.3, 0.4) is 0 Å². The molecule has 0 saturated carbocycles. The first-order valence-electron chi connectivity index (χ1n) is 9.54. The third-order valence-corrected chi connectivity index (χ3v) is 5.43. The van der Waals surface area contributed by atoms with Crippen molar-refractivity contribution in [2.45, 2.75) is 27.3 Å². The molecule has 0 saturated heterocycles. The van der Waals surface area contributed by atoms with E-state index in [1.807, 2.05) is 37.3 Å². The van der Waals surface area contributed by atoms with Crippen LogP contribution in [0.1, 0.15) is 35.5 Å². The van der Waals surface area contributed by atoms with Crippen molar-refractivity contribution in [3.05, 3.63) is 76.4 Å². The first kappa shape index (κ1) is 20.0. The molecule has 0 spiro atoms. The highest BCUT2D eigenvalue weighted by molar-refractivity contribution is 6.30. The summed E-state index contributed by atoms with van der Waals surface area (Å²) < 4.78 is 2.13. The highest BCUT2D eigenvalue weighted by Gasteiger charge is 2.17. The van der Waals surface area contributed by atoms with E-state index in [2.05, 4.69) is 47.6 Å². The first-order valence-corrected chi connectivity index (χ1v) is 9.92. The van der Waals surface area contributed by atoms with Crippen molar-refractivity contribution in [1.29, 1.82) is 0 Å². The van der Waals surface area contributed by atoms with Crippen LogP contribution in [0.5, 0.6) is 0 Å². The quantitative estimate of drug-likeness (QED) is 0.604. The summed E-state index contributed by atoms with van der Waals surface area (Å²) in [6.45, 7) is 8.81. The van der Waals surface area contributed by atoms with Crippen molar-refractivity contribution in [1.82, 2.24) is 4.57 Å². The predicted octanol–water partition coefficient (Wildman–Crippen LogP) is 5.11.